The second kappa shape index (κ2) is 14.9. The van der Waals surface area contributed by atoms with Crippen LogP contribution in [0.5, 0.6) is 0 Å². The van der Waals surface area contributed by atoms with Crippen LogP contribution < -0.4 is 5.32 Å². The molecule has 0 unspecified atom stereocenters. The van der Waals surface area contributed by atoms with Crippen molar-refractivity contribution in [2.75, 3.05) is 18.5 Å². The molecule has 0 amide bonds. The minimum Gasteiger partial charge on any atom is -0.447 e. The fourth-order valence-corrected chi connectivity index (χ4v) is 3.33. The molecule has 4 heteroatoms. The van der Waals surface area contributed by atoms with Crippen LogP contribution in [0.3, 0.4) is 0 Å². The third kappa shape index (κ3) is 13.7. The largest absolute Gasteiger partial charge is 0.447 e. The summed E-state index contributed by atoms with van der Waals surface area (Å²) in [5.74, 6) is -0.456. The van der Waals surface area contributed by atoms with E-state index in [0.717, 1.165) is 12.2 Å². The van der Waals surface area contributed by atoms with E-state index in [1.807, 2.05) is 12.1 Å². The van der Waals surface area contributed by atoms with Crippen LogP contribution in [0.2, 0.25) is 0 Å². The van der Waals surface area contributed by atoms with E-state index in [2.05, 4.69) is 26.1 Å². The minimum atomic E-state index is -0.456. The number of hydrogen-bond donors (Lipinski definition) is 1. The molecule has 1 aromatic rings. The van der Waals surface area contributed by atoms with E-state index in [1.54, 1.807) is 18.2 Å². The number of nitriles is 1. The van der Waals surface area contributed by atoms with E-state index in [-0.39, 0.29) is 6.61 Å². The van der Waals surface area contributed by atoms with Gasteiger partial charge in [0.05, 0.1) is 5.56 Å². The van der Waals surface area contributed by atoms with Gasteiger partial charge in [0.1, 0.15) is 6.07 Å². The highest BCUT2D eigenvalue weighted by molar-refractivity contribution is 5.89. The van der Waals surface area contributed by atoms with Crippen LogP contribution in [-0.4, -0.2) is 19.1 Å². The SMILES string of the molecule is CC(C)(C)CCCCCCCCCCCCNc1ccc(C(=O)OCC#N)cc1. The number of esters is 1. The Morgan fingerprint density at radius 1 is 0.897 bits per heavy atom. The molecule has 0 heterocycles. The summed E-state index contributed by atoms with van der Waals surface area (Å²) in [6.07, 6.45) is 14.8. The minimum absolute atomic E-state index is 0.212. The topological polar surface area (TPSA) is 62.1 Å². The Hall–Kier alpha value is -2.02. The van der Waals surface area contributed by atoms with Gasteiger partial charge in [-0.3, -0.25) is 0 Å². The van der Waals surface area contributed by atoms with Gasteiger partial charge >= 0.3 is 5.97 Å². The molecule has 0 spiro atoms. The number of benzene rings is 1. The quantitative estimate of drug-likeness (QED) is 0.251. The van der Waals surface area contributed by atoms with Gasteiger partial charge in [-0.25, -0.2) is 4.79 Å². The molecule has 1 aromatic carbocycles. The number of anilines is 1. The van der Waals surface area contributed by atoms with Gasteiger partial charge in [-0.2, -0.15) is 5.26 Å². The molecule has 1 N–H and O–H groups in total. The van der Waals surface area contributed by atoms with E-state index in [9.17, 15) is 4.79 Å². The molecule has 0 fully saturated rings. The number of rotatable bonds is 15. The zero-order valence-electron chi connectivity index (χ0n) is 18.8. The molecule has 0 atom stereocenters. The molecule has 4 nitrogen and oxygen atoms in total. The van der Waals surface area contributed by atoms with Crippen LogP contribution in [0.25, 0.3) is 0 Å². The monoisotopic (exact) mass is 400 g/mol. The van der Waals surface area contributed by atoms with E-state index < -0.39 is 5.97 Å². The average molecular weight is 401 g/mol. The summed E-state index contributed by atoms with van der Waals surface area (Å²) < 4.78 is 4.79. The van der Waals surface area contributed by atoms with Crippen molar-refractivity contribution in [1.82, 2.24) is 0 Å². The molecule has 0 saturated carbocycles. The molecule has 0 radical (unpaired) electrons. The number of hydrogen-bond acceptors (Lipinski definition) is 4. The fraction of sp³-hybridized carbons (Fsp3) is 0.680. The zero-order valence-corrected chi connectivity index (χ0v) is 18.8. The van der Waals surface area contributed by atoms with Crippen LogP contribution in [0, 0.1) is 16.7 Å². The Bertz CT molecular complexity index is 597. The lowest BCUT2D eigenvalue weighted by molar-refractivity contribution is 0.0555. The summed E-state index contributed by atoms with van der Waals surface area (Å²) in [4.78, 5) is 11.6. The highest BCUT2D eigenvalue weighted by atomic mass is 16.5. The molecule has 0 aliphatic carbocycles. The highest BCUT2D eigenvalue weighted by Gasteiger charge is 2.08. The summed E-state index contributed by atoms with van der Waals surface area (Å²) >= 11 is 0. The van der Waals surface area contributed by atoms with Gasteiger partial charge in [0, 0.05) is 12.2 Å². The van der Waals surface area contributed by atoms with Gasteiger partial charge in [0.25, 0.3) is 0 Å². The van der Waals surface area contributed by atoms with E-state index in [4.69, 9.17) is 10.00 Å². The zero-order chi connectivity index (χ0) is 21.4. The second-order valence-electron chi connectivity index (χ2n) is 9.08. The molecule has 162 valence electrons. The molecule has 0 aromatic heterocycles. The highest BCUT2D eigenvalue weighted by Crippen LogP contribution is 2.22. The maximum absolute atomic E-state index is 11.6. The second-order valence-corrected chi connectivity index (χ2v) is 9.08. The Balaban J connectivity index is 1.94. The van der Waals surface area contributed by atoms with Gasteiger partial charge in [-0.05, 0) is 42.5 Å². The normalized spacial score (nSPS) is 11.1. The van der Waals surface area contributed by atoms with Crippen LogP contribution >= 0.6 is 0 Å². The third-order valence-electron chi connectivity index (χ3n) is 5.07. The first kappa shape index (κ1) is 25.0. The predicted octanol–water partition coefficient (Wildman–Crippen LogP) is 7.12. The molecular formula is C25H40N2O2. The number of unbranched alkanes of at least 4 members (excludes halogenated alkanes) is 9. The first-order valence-electron chi connectivity index (χ1n) is 11.3. The summed E-state index contributed by atoms with van der Waals surface area (Å²) in [5, 5.41) is 11.8. The van der Waals surface area contributed by atoms with Gasteiger partial charge in [-0.15, -0.1) is 0 Å². The first-order valence-corrected chi connectivity index (χ1v) is 11.3. The standard InChI is InChI=1S/C25H40N2O2/c1-25(2,3)18-12-10-8-6-4-5-7-9-11-13-20-27-23-16-14-22(15-17-23)24(28)29-21-19-26/h14-17,27H,4-13,18,20-21H2,1-3H3. The molecular weight excluding hydrogens is 360 g/mol. The first-order chi connectivity index (χ1) is 13.9. The van der Waals surface area contributed by atoms with Crippen LogP contribution in [0.1, 0.15) is 102 Å². The maximum atomic E-state index is 11.6. The Morgan fingerprint density at radius 3 is 1.93 bits per heavy atom. The van der Waals surface area contributed by atoms with Gasteiger partial charge in [-0.1, -0.05) is 78.6 Å². The molecule has 0 bridgehead atoms. The summed E-state index contributed by atoms with van der Waals surface area (Å²) in [6.45, 7) is 7.73. The Labute approximate surface area is 178 Å². The average Bonchev–Trinajstić information content (AvgIpc) is 2.69. The van der Waals surface area contributed by atoms with Crippen molar-refractivity contribution in [3.05, 3.63) is 29.8 Å². The Morgan fingerprint density at radius 2 is 1.41 bits per heavy atom. The number of carbonyl (C=O) groups excluding carboxylic acids is 1. The van der Waals surface area contributed by atoms with Gasteiger partial charge in [0.15, 0.2) is 6.61 Å². The lowest BCUT2D eigenvalue weighted by Gasteiger charge is -2.17. The van der Waals surface area contributed by atoms with Crippen molar-refractivity contribution in [2.24, 2.45) is 5.41 Å². The third-order valence-corrected chi connectivity index (χ3v) is 5.07. The van der Waals surface area contributed by atoms with E-state index in [0.29, 0.717) is 11.0 Å². The number of nitrogens with one attached hydrogen (secondary N) is 1. The smallest absolute Gasteiger partial charge is 0.339 e. The number of ether oxygens (including phenoxy) is 1. The maximum Gasteiger partial charge on any atom is 0.339 e. The summed E-state index contributed by atoms with van der Waals surface area (Å²) in [6, 6.07) is 9.01. The molecule has 0 aliphatic heterocycles. The molecule has 1 rings (SSSR count). The lowest BCUT2D eigenvalue weighted by atomic mass is 9.89. The fourth-order valence-electron chi connectivity index (χ4n) is 3.33. The van der Waals surface area contributed by atoms with Crippen molar-refractivity contribution < 1.29 is 9.53 Å². The van der Waals surface area contributed by atoms with Crippen molar-refractivity contribution >= 4 is 11.7 Å². The van der Waals surface area contributed by atoms with Crippen LogP contribution in [-0.2, 0) is 4.74 Å². The van der Waals surface area contributed by atoms with Crippen molar-refractivity contribution in [3.8, 4) is 6.07 Å². The van der Waals surface area contributed by atoms with Crippen LogP contribution in [0.4, 0.5) is 5.69 Å². The van der Waals surface area contributed by atoms with E-state index in [1.165, 1.54) is 70.6 Å². The summed E-state index contributed by atoms with van der Waals surface area (Å²) in [7, 11) is 0. The van der Waals surface area contributed by atoms with Crippen molar-refractivity contribution in [3.63, 3.8) is 0 Å². The van der Waals surface area contributed by atoms with Crippen molar-refractivity contribution in [2.45, 2.75) is 91.4 Å². The van der Waals surface area contributed by atoms with Gasteiger partial charge < -0.3 is 10.1 Å². The molecule has 29 heavy (non-hydrogen) atoms. The number of carbonyl (C=O) groups is 1. The lowest BCUT2D eigenvalue weighted by Crippen LogP contribution is -2.06. The number of nitrogens with zero attached hydrogens (tertiary/aromatic N) is 1. The van der Waals surface area contributed by atoms with Crippen molar-refractivity contribution in [1.29, 1.82) is 5.26 Å². The van der Waals surface area contributed by atoms with E-state index >= 15 is 0 Å². The Kier molecular flexibility index (Phi) is 12.9. The van der Waals surface area contributed by atoms with Gasteiger partial charge in [0.2, 0.25) is 0 Å². The molecule has 0 saturated heterocycles. The predicted molar refractivity (Wildman–Crippen MR) is 121 cm³/mol. The van der Waals surface area contributed by atoms with Crippen LogP contribution in [0.15, 0.2) is 24.3 Å². The molecule has 0 aliphatic rings. The summed E-state index contributed by atoms with van der Waals surface area (Å²) in [5.41, 5.74) is 1.97.